The molecule has 0 fully saturated rings. The second-order valence-corrected chi connectivity index (χ2v) is 2.93. The minimum atomic E-state index is -0.0619. The lowest BCUT2D eigenvalue weighted by atomic mass is 10.1. The summed E-state index contributed by atoms with van der Waals surface area (Å²) in [5, 5.41) is 12.0. The molecule has 0 aliphatic carbocycles. The smallest absolute Gasteiger partial charge is 0.123 e. The van der Waals surface area contributed by atoms with Crippen molar-refractivity contribution in [3.63, 3.8) is 0 Å². The average Bonchev–Trinajstić information content (AvgIpc) is 2.10. The van der Waals surface area contributed by atoms with Crippen LogP contribution in [0, 0.1) is 6.92 Å². The first-order valence-corrected chi connectivity index (χ1v) is 4.20. The number of aromatic nitrogens is 1. The molecule has 1 atom stereocenters. The number of likely N-dealkylation sites (N-methyl/N-ethyl adjacent to an activating group) is 1. The maximum absolute atomic E-state index is 9.05. The van der Waals surface area contributed by atoms with E-state index >= 15 is 0 Å². The fourth-order valence-corrected chi connectivity index (χ4v) is 1.30. The second kappa shape index (κ2) is 4.20. The van der Waals surface area contributed by atoms with Crippen LogP contribution in [0.2, 0.25) is 0 Å². The number of nitrogens with one attached hydrogen (secondary N) is 1. The molecule has 13 heavy (non-hydrogen) atoms. The Balaban J connectivity index is 2.99. The van der Waals surface area contributed by atoms with E-state index in [-0.39, 0.29) is 12.6 Å². The van der Waals surface area contributed by atoms with Crippen molar-refractivity contribution in [3.8, 4) is 0 Å². The lowest BCUT2D eigenvalue weighted by molar-refractivity contribution is 0.250. The molecule has 1 rings (SSSR count). The molecule has 0 saturated carbocycles. The van der Waals surface area contributed by atoms with Crippen LogP contribution < -0.4 is 11.1 Å². The van der Waals surface area contributed by atoms with Crippen molar-refractivity contribution in [3.05, 3.63) is 23.4 Å². The number of anilines is 1. The number of aryl methyl sites for hydroxylation is 1. The number of aliphatic hydroxyl groups is 1. The Kier molecular flexibility index (Phi) is 3.22. The van der Waals surface area contributed by atoms with Crippen LogP contribution in [0.15, 0.2) is 12.1 Å². The van der Waals surface area contributed by atoms with Crippen LogP contribution in [-0.4, -0.2) is 23.7 Å². The maximum Gasteiger partial charge on any atom is 0.123 e. The predicted molar refractivity (Wildman–Crippen MR) is 52.3 cm³/mol. The zero-order chi connectivity index (χ0) is 9.84. The van der Waals surface area contributed by atoms with Crippen LogP contribution >= 0.6 is 0 Å². The van der Waals surface area contributed by atoms with Gasteiger partial charge in [-0.15, -0.1) is 0 Å². The van der Waals surface area contributed by atoms with Gasteiger partial charge in [0.15, 0.2) is 0 Å². The van der Waals surface area contributed by atoms with Crippen molar-refractivity contribution >= 4 is 5.82 Å². The van der Waals surface area contributed by atoms with Crippen LogP contribution in [0.4, 0.5) is 5.82 Å². The number of hydrogen-bond donors (Lipinski definition) is 3. The minimum Gasteiger partial charge on any atom is -0.394 e. The Morgan fingerprint density at radius 3 is 2.77 bits per heavy atom. The highest BCUT2D eigenvalue weighted by Crippen LogP contribution is 2.16. The highest BCUT2D eigenvalue weighted by atomic mass is 16.3. The Hall–Kier alpha value is -1.13. The van der Waals surface area contributed by atoms with Gasteiger partial charge in [0, 0.05) is 5.69 Å². The highest BCUT2D eigenvalue weighted by molar-refractivity contribution is 5.35. The van der Waals surface area contributed by atoms with Crippen molar-refractivity contribution in [1.29, 1.82) is 0 Å². The monoisotopic (exact) mass is 181 g/mol. The van der Waals surface area contributed by atoms with E-state index in [0.717, 1.165) is 11.3 Å². The first-order valence-electron chi connectivity index (χ1n) is 4.20. The van der Waals surface area contributed by atoms with Gasteiger partial charge in [-0.25, -0.2) is 4.98 Å². The van der Waals surface area contributed by atoms with Gasteiger partial charge >= 0.3 is 0 Å². The summed E-state index contributed by atoms with van der Waals surface area (Å²) in [6, 6.07) is 3.56. The van der Waals surface area contributed by atoms with Gasteiger partial charge in [-0.2, -0.15) is 0 Å². The topological polar surface area (TPSA) is 71.2 Å². The zero-order valence-electron chi connectivity index (χ0n) is 7.91. The van der Waals surface area contributed by atoms with E-state index in [4.69, 9.17) is 10.8 Å². The third-order valence-corrected chi connectivity index (χ3v) is 2.05. The first kappa shape index (κ1) is 9.95. The number of pyridine rings is 1. The lowest BCUT2D eigenvalue weighted by Gasteiger charge is -2.15. The number of nitrogens with zero attached hydrogens (tertiary/aromatic N) is 1. The molecule has 0 bridgehead atoms. The minimum absolute atomic E-state index is 0.0585. The molecule has 0 saturated heterocycles. The van der Waals surface area contributed by atoms with Gasteiger partial charge in [-0.1, -0.05) is 6.07 Å². The Morgan fingerprint density at radius 1 is 1.62 bits per heavy atom. The number of rotatable bonds is 3. The summed E-state index contributed by atoms with van der Waals surface area (Å²) in [5.41, 5.74) is 7.36. The van der Waals surface area contributed by atoms with Gasteiger partial charge in [-0.05, 0) is 25.6 Å². The quantitative estimate of drug-likeness (QED) is 0.624. The average molecular weight is 181 g/mol. The van der Waals surface area contributed by atoms with Crippen LogP contribution in [-0.2, 0) is 0 Å². The number of nitrogens with two attached hydrogens (primary N) is 1. The normalized spacial score (nSPS) is 12.8. The van der Waals surface area contributed by atoms with Crippen molar-refractivity contribution in [1.82, 2.24) is 10.3 Å². The number of aliphatic hydroxyl groups excluding tert-OH is 1. The zero-order valence-corrected chi connectivity index (χ0v) is 7.91. The summed E-state index contributed by atoms with van der Waals surface area (Å²) < 4.78 is 0. The van der Waals surface area contributed by atoms with Gasteiger partial charge in [0.1, 0.15) is 5.82 Å². The summed E-state index contributed by atoms with van der Waals surface area (Å²) in [7, 11) is 1.80. The Morgan fingerprint density at radius 2 is 2.31 bits per heavy atom. The third kappa shape index (κ3) is 2.17. The summed E-state index contributed by atoms with van der Waals surface area (Å²) in [4.78, 5) is 4.12. The van der Waals surface area contributed by atoms with E-state index in [2.05, 4.69) is 10.3 Å². The van der Waals surface area contributed by atoms with E-state index in [0.29, 0.717) is 5.82 Å². The first-order chi connectivity index (χ1) is 6.19. The van der Waals surface area contributed by atoms with E-state index < -0.39 is 0 Å². The fourth-order valence-electron chi connectivity index (χ4n) is 1.30. The molecular formula is C9H15N3O. The van der Waals surface area contributed by atoms with Gasteiger partial charge in [0.2, 0.25) is 0 Å². The molecule has 0 aliphatic rings. The molecule has 4 N–H and O–H groups in total. The van der Waals surface area contributed by atoms with Crippen LogP contribution in [0.1, 0.15) is 17.3 Å². The van der Waals surface area contributed by atoms with Crippen molar-refractivity contribution in [2.45, 2.75) is 13.0 Å². The third-order valence-electron chi connectivity index (χ3n) is 2.05. The Bertz CT molecular complexity index is 284. The van der Waals surface area contributed by atoms with E-state index in [1.807, 2.05) is 13.0 Å². The SMILES string of the molecule is CN[C@H](CO)c1ccc(N)nc1C. The van der Waals surface area contributed by atoms with Crippen LogP contribution in [0.25, 0.3) is 0 Å². The van der Waals surface area contributed by atoms with E-state index in [1.54, 1.807) is 13.1 Å². The van der Waals surface area contributed by atoms with Crippen molar-refractivity contribution in [2.75, 3.05) is 19.4 Å². The molecule has 4 heteroatoms. The number of hydrogen-bond acceptors (Lipinski definition) is 4. The molecule has 0 amide bonds. The molecule has 0 radical (unpaired) electrons. The molecule has 0 spiro atoms. The summed E-state index contributed by atoms with van der Waals surface area (Å²) in [5.74, 6) is 0.508. The predicted octanol–water partition coefficient (Wildman–Crippen LogP) is 0.225. The molecular weight excluding hydrogens is 166 g/mol. The summed E-state index contributed by atoms with van der Waals surface area (Å²) in [6.07, 6.45) is 0. The number of nitrogen functional groups attached to an aromatic ring is 1. The molecule has 0 aromatic carbocycles. The van der Waals surface area contributed by atoms with Gasteiger partial charge in [0.25, 0.3) is 0 Å². The fraction of sp³-hybridized carbons (Fsp3) is 0.444. The molecule has 72 valence electrons. The Labute approximate surface area is 77.8 Å². The molecule has 1 aromatic heterocycles. The molecule has 1 heterocycles. The maximum atomic E-state index is 9.05. The van der Waals surface area contributed by atoms with Crippen LogP contribution in [0.5, 0.6) is 0 Å². The molecule has 0 aliphatic heterocycles. The summed E-state index contributed by atoms with van der Waals surface area (Å²) in [6.45, 7) is 1.94. The van der Waals surface area contributed by atoms with Crippen LogP contribution in [0.3, 0.4) is 0 Å². The van der Waals surface area contributed by atoms with Crippen molar-refractivity contribution in [2.24, 2.45) is 0 Å². The van der Waals surface area contributed by atoms with Gasteiger partial charge in [0.05, 0.1) is 12.6 Å². The van der Waals surface area contributed by atoms with Gasteiger partial charge < -0.3 is 16.2 Å². The van der Waals surface area contributed by atoms with Gasteiger partial charge in [-0.3, -0.25) is 0 Å². The molecule has 0 unspecified atom stereocenters. The second-order valence-electron chi connectivity index (χ2n) is 2.93. The lowest BCUT2D eigenvalue weighted by Crippen LogP contribution is -2.21. The highest BCUT2D eigenvalue weighted by Gasteiger charge is 2.10. The molecule has 4 nitrogen and oxygen atoms in total. The van der Waals surface area contributed by atoms with E-state index in [9.17, 15) is 0 Å². The summed E-state index contributed by atoms with van der Waals surface area (Å²) >= 11 is 0. The van der Waals surface area contributed by atoms with E-state index in [1.165, 1.54) is 0 Å². The largest absolute Gasteiger partial charge is 0.394 e. The van der Waals surface area contributed by atoms with Crippen molar-refractivity contribution < 1.29 is 5.11 Å². The molecule has 1 aromatic rings. The standard InChI is InChI=1S/C9H15N3O/c1-6-7(8(5-13)11-2)3-4-9(10)12-6/h3-4,8,11,13H,5H2,1-2H3,(H2,10,12)/t8-/m1/s1.